The number of hydrogen-bond donors (Lipinski definition) is 1. The monoisotopic (exact) mass is 468 g/mol. The van der Waals surface area contributed by atoms with Crippen LogP contribution in [0.4, 0.5) is 0 Å². The summed E-state index contributed by atoms with van der Waals surface area (Å²) in [4.78, 5) is 17.1. The van der Waals surface area contributed by atoms with Crippen LogP contribution in [0.25, 0.3) is 0 Å². The largest absolute Gasteiger partial charge is 0.381 e. The van der Waals surface area contributed by atoms with Gasteiger partial charge in [-0.05, 0) is 93.0 Å². The number of ether oxygens (including phenoxy) is 1. The highest BCUT2D eigenvalue weighted by atomic mass is 16.5. The molecule has 0 aliphatic carbocycles. The summed E-state index contributed by atoms with van der Waals surface area (Å²) in [6.07, 6.45) is 14.6. The number of carbonyl (C=O) groups is 1. The number of allylic oxidation sites excluding steroid dienone is 1. The number of aliphatic imine (C=N–C) groups is 1. The van der Waals surface area contributed by atoms with E-state index in [9.17, 15) is 4.79 Å². The van der Waals surface area contributed by atoms with E-state index < -0.39 is 0 Å². The molecule has 0 radical (unpaired) electrons. The van der Waals surface area contributed by atoms with Gasteiger partial charge in [-0.25, -0.2) is 0 Å². The van der Waals surface area contributed by atoms with Crippen molar-refractivity contribution in [1.82, 2.24) is 5.32 Å². The summed E-state index contributed by atoms with van der Waals surface area (Å²) in [5, 5.41) is 3.10. The van der Waals surface area contributed by atoms with Crippen molar-refractivity contribution >= 4 is 12.1 Å². The molecule has 0 saturated carbocycles. The normalized spacial score (nSPS) is 17.9. The molecule has 1 atom stereocenters. The molecule has 1 unspecified atom stereocenters. The van der Waals surface area contributed by atoms with Gasteiger partial charge in [0.05, 0.1) is 0 Å². The first-order chi connectivity index (χ1) is 17.3. The first kappa shape index (κ1) is 24.9. The van der Waals surface area contributed by atoms with Crippen LogP contribution in [0.5, 0.6) is 0 Å². The van der Waals surface area contributed by atoms with E-state index in [4.69, 9.17) is 4.74 Å². The lowest BCUT2D eigenvalue weighted by molar-refractivity contribution is 0.0640. The molecule has 4 nitrogen and oxygen atoms in total. The second-order valence-electron chi connectivity index (χ2n) is 9.49. The Bertz CT molecular complexity index is 1070. The van der Waals surface area contributed by atoms with Gasteiger partial charge in [-0.1, -0.05) is 42.2 Å². The van der Waals surface area contributed by atoms with E-state index in [0.29, 0.717) is 23.9 Å². The molecule has 0 spiro atoms. The topological polar surface area (TPSA) is 50.7 Å². The number of amides is 1. The van der Waals surface area contributed by atoms with E-state index in [-0.39, 0.29) is 5.91 Å². The molecule has 0 bridgehead atoms. The molecule has 2 aliphatic rings. The maximum Gasteiger partial charge on any atom is 0.251 e. The molecule has 2 aliphatic heterocycles. The van der Waals surface area contributed by atoms with Crippen LogP contribution in [-0.4, -0.2) is 31.9 Å². The fraction of sp³-hybridized carbons (Fsp3) is 0.419. The predicted molar refractivity (Wildman–Crippen MR) is 143 cm³/mol. The van der Waals surface area contributed by atoms with Gasteiger partial charge in [0.2, 0.25) is 0 Å². The minimum absolute atomic E-state index is 0.0246. The van der Waals surface area contributed by atoms with Crippen LogP contribution in [0.3, 0.4) is 0 Å². The Morgan fingerprint density at radius 1 is 1.03 bits per heavy atom. The van der Waals surface area contributed by atoms with Gasteiger partial charge in [-0.15, -0.1) is 0 Å². The van der Waals surface area contributed by atoms with Gasteiger partial charge in [-0.3, -0.25) is 9.79 Å². The molecule has 4 heteroatoms. The van der Waals surface area contributed by atoms with Crippen molar-refractivity contribution in [1.29, 1.82) is 0 Å². The zero-order chi connectivity index (χ0) is 24.1. The SMILES string of the molecule is O=C(NCCCC1C=CN=CCC1)c1ccc(CCC2CCOCC2)c(C#Cc2ccccc2)c1. The van der Waals surface area contributed by atoms with Gasteiger partial charge < -0.3 is 10.1 Å². The highest BCUT2D eigenvalue weighted by molar-refractivity contribution is 5.94. The number of benzene rings is 2. The van der Waals surface area contributed by atoms with Crippen molar-refractivity contribution in [3.63, 3.8) is 0 Å². The Labute approximate surface area is 209 Å². The Hall–Kier alpha value is -3.16. The number of hydrogen-bond acceptors (Lipinski definition) is 3. The van der Waals surface area contributed by atoms with Crippen molar-refractivity contribution in [3.05, 3.63) is 83.1 Å². The van der Waals surface area contributed by atoms with Gasteiger partial charge in [0.25, 0.3) is 5.91 Å². The molecule has 1 amide bonds. The molecule has 2 aromatic rings. The van der Waals surface area contributed by atoms with Crippen LogP contribution < -0.4 is 5.32 Å². The predicted octanol–water partition coefficient (Wildman–Crippen LogP) is 5.95. The Kier molecular flexibility index (Phi) is 9.74. The van der Waals surface area contributed by atoms with Crippen molar-refractivity contribution < 1.29 is 9.53 Å². The first-order valence-electron chi connectivity index (χ1n) is 13.0. The average molecular weight is 469 g/mol. The quantitative estimate of drug-likeness (QED) is 0.384. The Balaban J connectivity index is 1.39. The fourth-order valence-corrected chi connectivity index (χ4v) is 4.71. The minimum Gasteiger partial charge on any atom is -0.381 e. The van der Waals surface area contributed by atoms with Crippen molar-refractivity contribution in [2.45, 2.75) is 51.4 Å². The lowest BCUT2D eigenvalue weighted by Crippen LogP contribution is -2.25. The Morgan fingerprint density at radius 2 is 1.89 bits per heavy atom. The lowest BCUT2D eigenvalue weighted by atomic mass is 9.91. The zero-order valence-electron chi connectivity index (χ0n) is 20.5. The van der Waals surface area contributed by atoms with Crippen molar-refractivity contribution in [2.75, 3.05) is 19.8 Å². The Morgan fingerprint density at radius 3 is 2.74 bits per heavy atom. The van der Waals surface area contributed by atoms with Gasteiger partial charge in [0.15, 0.2) is 0 Å². The number of aryl methyl sites for hydroxylation is 1. The summed E-state index contributed by atoms with van der Waals surface area (Å²) in [6.45, 7) is 2.42. The standard InChI is InChI=1S/C31H36N2O2/c34-31(33-20-5-9-26-8-4-19-32-21-16-26)30-15-14-28(12-10-27-17-22-35-23-18-27)29(24-30)13-11-25-6-2-1-3-7-25/h1-3,6-7,14-16,19,21,24,26-27H,4-5,8-10,12,17-18,20,22-23H2,(H,33,34). The molecule has 35 heavy (non-hydrogen) atoms. The summed E-state index contributed by atoms with van der Waals surface area (Å²) in [5.74, 6) is 7.86. The fourth-order valence-electron chi connectivity index (χ4n) is 4.71. The van der Waals surface area contributed by atoms with E-state index >= 15 is 0 Å². The van der Waals surface area contributed by atoms with Gasteiger partial charge in [0.1, 0.15) is 0 Å². The molecule has 2 heterocycles. The third-order valence-electron chi connectivity index (χ3n) is 6.90. The van der Waals surface area contributed by atoms with E-state index in [1.54, 1.807) is 0 Å². The highest BCUT2D eigenvalue weighted by Crippen LogP contribution is 2.23. The first-order valence-corrected chi connectivity index (χ1v) is 13.0. The zero-order valence-corrected chi connectivity index (χ0v) is 20.5. The summed E-state index contributed by atoms with van der Waals surface area (Å²) >= 11 is 0. The van der Waals surface area contributed by atoms with E-state index in [1.807, 2.05) is 54.9 Å². The van der Waals surface area contributed by atoms with Crippen LogP contribution in [0, 0.1) is 23.7 Å². The summed E-state index contributed by atoms with van der Waals surface area (Å²) in [6, 6.07) is 16.0. The molecular formula is C31H36N2O2. The molecule has 2 aromatic carbocycles. The second kappa shape index (κ2) is 13.7. The molecule has 1 N–H and O–H groups in total. The highest BCUT2D eigenvalue weighted by Gasteiger charge is 2.15. The van der Waals surface area contributed by atoms with Crippen LogP contribution in [0.1, 0.15) is 72.0 Å². The molecule has 0 aromatic heterocycles. The molecular weight excluding hydrogens is 432 g/mol. The molecule has 182 valence electrons. The van der Waals surface area contributed by atoms with Crippen molar-refractivity contribution in [3.8, 4) is 11.8 Å². The molecule has 1 saturated heterocycles. The molecule has 1 fully saturated rings. The maximum atomic E-state index is 12.9. The summed E-state index contributed by atoms with van der Waals surface area (Å²) < 4.78 is 5.51. The molecule has 4 rings (SSSR count). The third-order valence-corrected chi connectivity index (χ3v) is 6.90. The van der Waals surface area contributed by atoms with Crippen LogP contribution in [0.2, 0.25) is 0 Å². The minimum atomic E-state index is -0.0246. The number of carbonyl (C=O) groups excluding carboxylic acids is 1. The summed E-state index contributed by atoms with van der Waals surface area (Å²) in [5.41, 5.74) is 3.84. The lowest BCUT2D eigenvalue weighted by Gasteiger charge is -2.22. The van der Waals surface area contributed by atoms with Crippen LogP contribution in [0.15, 0.2) is 65.8 Å². The van der Waals surface area contributed by atoms with E-state index in [2.05, 4.69) is 34.3 Å². The van der Waals surface area contributed by atoms with Crippen LogP contribution >= 0.6 is 0 Å². The van der Waals surface area contributed by atoms with Crippen LogP contribution in [-0.2, 0) is 11.2 Å². The average Bonchev–Trinajstić information content (AvgIpc) is 3.19. The second-order valence-corrected chi connectivity index (χ2v) is 9.49. The third kappa shape index (κ3) is 8.23. The number of nitrogens with zero attached hydrogens (tertiary/aromatic N) is 1. The maximum absolute atomic E-state index is 12.9. The smallest absolute Gasteiger partial charge is 0.251 e. The van der Waals surface area contributed by atoms with Gasteiger partial charge in [0, 0.05) is 48.9 Å². The number of nitrogens with one attached hydrogen (secondary N) is 1. The van der Waals surface area contributed by atoms with Crippen molar-refractivity contribution in [2.24, 2.45) is 16.8 Å². The van der Waals surface area contributed by atoms with E-state index in [0.717, 1.165) is 75.7 Å². The van der Waals surface area contributed by atoms with Gasteiger partial charge >= 0.3 is 0 Å². The summed E-state index contributed by atoms with van der Waals surface area (Å²) in [7, 11) is 0. The van der Waals surface area contributed by atoms with Gasteiger partial charge in [-0.2, -0.15) is 0 Å². The van der Waals surface area contributed by atoms with E-state index in [1.165, 1.54) is 5.56 Å². The number of rotatable bonds is 8.